The van der Waals surface area contributed by atoms with Crippen LogP contribution in [0.1, 0.15) is 13.3 Å². The summed E-state index contributed by atoms with van der Waals surface area (Å²) in [4.78, 5) is 13.3. The summed E-state index contributed by atoms with van der Waals surface area (Å²) in [5, 5.41) is 3.61. The lowest BCUT2D eigenvalue weighted by molar-refractivity contribution is 0.317. The number of aromatic nitrogens is 2. The van der Waals surface area contributed by atoms with Gasteiger partial charge < -0.3 is 4.74 Å². The van der Waals surface area contributed by atoms with E-state index in [-0.39, 0.29) is 0 Å². The maximum Gasteiger partial charge on any atom is 0.439 e. The number of nitrogens with zero attached hydrogens (tertiary/aromatic N) is 1. The molecule has 2 rings (SSSR count). The second-order valence-electron chi connectivity index (χ2n) is 3.32. The molecule has 1 N–H and O–H groups in total. The molecule has 0 aliphatic rings. The Bertz CT molecular complexity index is 516. The number of aromatic amines is 1. The Kier molecular flexibility index (Phi) is 3.05. The van der Waals surface area contributed by atoms with Crippen molar-refractivity contribution in [3.63, 3.8) is 0 Å². The van der Waals surface area contributed by atoms with E-state index in [1.54, 1.807) is 0 Å². The van der Waals surface area contributed by atoms with Crippen molar-refractivity contribution >= 4 is 0 Å². The van der Waals surface area contributed by atoms with Gasteiger partial charge in [-0.25, -0.2) is 4.79 Å². The SMILES string of the molecule is CCCOc1cccc(-c2noc(=O)[nH]2)c1. The predicted molar refractivity (Wildman–Crippen MR) is 58.3 cm³/mol. The maximum atomic E-state index is 10.8. The number of rotatable bonds is 4. The smallest absolute Gasteiger partial charge is 0.439 e. The Balaban J connectivity index is 2.25. The highest BCUT2D eigenvalue weighted by molar-refractivity contribution is 5.56. The minimum absolute atomic E-state index is 0.409. The van der Waals surface area contributed by atoms with Crippen molar-refractivity contribution < 1.29 is 9.26 Å². The van der Waals surface area contributed by atoms with E-state index < -0.39 is 5.76 Å². The zero-order valence-electron chi connectivity index (χ0n) is 8.90. The maximum absolute atomic E-state index is 10.8. The summed E-state index contributed by atoms with van der Waals surface area (Å²) in [5.41, 5.74) is 0.763. The second-order valence-corrected chi connectivity index (χ2v) is 3.32. The highest BCUT2D eigenvalue weighted by Crippen LogP contribution is 2.20. The predicted octanol–water partition coefficient (Wildman–Crippen LogP) is 1.82. The first kappa shape index (κ1) is 10.5. The molecule has 5 nitrogen and oxygen atoms in total. The van der Waals surface area contributed by atoms with Gasteiger partial charge in [0.05, 0.1) is 6.61 Å². The van der Waals surface area contributed by atoms with Gasteiger partial charge in [0.15, 0.2) is 5.82 Å². The second kappa shape index (κ2) is 4.65. The average Bonchev–Trinajstić information content (AvgIpc) is 2.74. The molecule has 5 heteroatoms. The van der Waals surface area contributed by atoms with E-state index in [2.05, 4.69) is 14.7 Å². The van der Waals surface area contributed by atoms with Crippen LogP contribution in [0, 0.1) is 0 Å². The van der Waals surface area contributed by atoms with Crippen molar-refractivity contribution in [1.29, 1.82) is 0 Å². The summed E-state index contributed by atoms with van der Waals surface area (Å²) in [5.74, 6) is 0.602. The fourth-order valence-electron chi connectivity index (χ4n) is 1.31. The third-order valence-electron chi connectivity index (χ3n) is 2.02. The van der Waals surface area contributed by atoms with Gasteiger partial charge >= 0.3 is 5.76 Å². The zero-order chi connectivity index (χ0) is 11.4. The number of H-pyrrole nitrogens is 1. The molecule has 0 fully saturated rings. The largest absolute Gasteiger partial charge is 0.494 e. The Hall–Kier alpha value is -2.04. The molecule has 0 spiro atoms. The molecule has 0 saturated carbocycles. The van der Waals surface area contributed by atoms with Crippen LogP contribution in [0.25, 0.3) is 11.4 Å². The van der Waals surface area contributed by atoms with E-state index in [0.717, 1.165) is 17.7 Å². The summed E-state index contributed by atoms with van der Waals surface area (Å²) >= 11 is 0. The number of ether oxygens (including phenoxy) is 1. The topological polar surface area (TPSA) is 68.1 Å². The molecule has 16 heavy (non-hydrogen) atoms. The Morgan fingerprint density at radius 1 is 1.50 bits per heavy atom. The van der Waals surface area contributed by atoms with Gasteiger partial charge in [0.1, 0.15) is 5.75 Å². The molecule has 0 amide bonds. The third kappa shape index (κ3) is 2.31. The summed E-state index contributed by atoms with van der Waals surface area (Å²) < 4.78 is 9.91. The van der Waals surface area contributed by atoms with Crippen molar-refractivity contribution in [2.75, 3.05) is 6.61 Å². The van der Waals surface area contributed by atoms with E-state index >= 15 is 0 Å². The van der Waals surface area contributed by atoms with E-state index in [1.165, 1.54) is 0 Å². The molecule has 2 aromatic rings. The third-order valence-corrected chi connectivity index (χ3v) is 2.02. The molecule has 0 aliphatic heterocycles. The molecular formula is C11H12N2O3. The van der Waals surface area contributed by atoms with Gasteiger partial charge in [-0.2, -0.15) is 0 Å². The van der Waals surface area contributed by atoms with Crippen LogP contribution in [0.5, 0.6) is 5.75 Å². The van der Waals surface area contributed by atoms with Gasteiger partial charge in [-0.1, -0.05) is 24.2 Å². The monoisotopic (exact) mass is 220 g/mol. The van der Waals surface area contributed by atoms with E-state index in [9.17, 15) is 4.79 Å². The van der Waals surface area contributed by atoms with Crippen LogP contribution in [0.4, 0.5) is 0 Å². The van der Waals surface area contributed by atoms with Crippen LogP contribution in [0.2, 0.25) is 0 Å². The quantitative estimate of drug-likeness (QED) is 0.853. The fourth-order valence-corrected chi connectivity index (χ4v) is 1.31. The molecule has 1 heterocycles. The summed E-state index contributed by atoms with van der Waals surface area (Å²) in [6, 6.07) is 7.33. The number of hydrogen-bond acceptors (Lipinski definition) is 4. The first-order chi connectivity index (χ1) is 7.79. The van der Waals surface area contributed by atoms with Crippen LogP contribution in [0.15, 0.2) is 33.6 Å². The first-order valence-corrected chi connectivity index (χ1v) is 5.09. The van der Waals surface area contributed by atoms with Crippen LogP contribution < -0.4 is 10.5 Å². The van der Waals surface area contributed by atoms with Crippen LogP contribution in [-0.2, 0) is 0 Å². The van der Waals surface area contributed by atoms with Gasteiger partial charge in [-0.3, -0.25) is 9.51 Å². The van der Waals surface area contributed by atoms with Gasteiger partial charge in [-0.05, 0) is 18.6 Å². The number of benzene rings is 1. The lowest BCUT2D eigenvalue weighted by Gasteiger charge is -2.04. The van der Waals surface area contributed by atoms with E-state index in [0.29, 0.717) is 12.4 Å². The molecular weight excluding hydrogens is 208 g/mol. The number of hydrogen-bond donors (Lipinski definition) is 1. The molecule has 0 bridgehead atoms. The molecule has 0 saturated heterocycles. The lowest BCUT2D eigenvalue weighted by Crippen LogP contribution is -1.96. The minimum Gasteiger partial charge on any atom is -0.494 e. The van der Waals surface area contributed by atoms with E-state index in [1.807, 2.05) is 31.2 Å². The fraction of sp³-hybridized carbons (Fsp3) is 0.273. The van der Waals surface area contributed by atoms with Crippen molar-refractivity contribution in [3.8, 4) is 17.1 Å². The Labute approximate surface area is 92.0 Å². The van der Waals surface area contributed by atoms with Crippen LogP contribution in [-0.4, -0.2) is 16.7 Å². The summed E-state index contributed by atoms with van der Waals surface area (Å²) in [6.07, 6.45) is 0.949. The molecule has 1 aromatic heterocycles. The number of nitrogens with one attached hydrogen (secondary N) is 1. The van der Waals surface area contributed by atoms with Crippen LogP contribution >= 0.6 is 0 Å². The molecule has 0 radical (unpaired) electrons. The molecule has 1 aromatic carbocycles. The lowest BCUT2D eigenvalue weighted by atomic mass is 10.2. The normalized spacial score (nSPS) is 10.3. The molecule has 0 atom stereocenters. The first-order valence-electron chi connectivity index (χ1n) is 5.09. The zero-order valence-corrected chi connectivity index (χ0v) is 8.90. The van der Waals surface area contributed by atoms with Crippen molar-refractivity contribution in [1.82, 2.24) is 10.1 Å². The average molecular weight is 220 g/mol. The Morgan fingerprint density at radius 2 is 2.38 bits per heavy atom. The summed E-state index contributed by atoms with van der Waals surface area (Å²) in [6.45, 7) is 2.71. The van der Waals surface area contributed by atoms with Gasteiger partial charge in [0, 0.05) is 5.56 Å². The van der Waals surface area contributed by atoms with Crippen molar-refractivity contribution in [3.05, 3.63) is 34.8 Å². The van der Waals surface area contributed by atoms with Gasteiger partial charge in [0.25, 0.3) is 0 Å². The van der Waals surface area contributed by atoms with Gasteiger partial charge in [-0.15, -0.1) is 0 Å². The standard InChI is InChI=1S/C11H12N2O3/c1-2-6-15-9-5-3-4-8(7-9)10-12-11(14)16-13-10/h3-5,7H,2,6H2,1H3,(H,12,13,14). The highest BCUT2D eigenvalue weighted by atomic mass is 16.5. The van der Waals surface area contributed by atoms with Gasteiger partial charge in [0.2, 0.25) is 0 Å². The molecule has 0 unspecified atom stereocenters. The minimum atomic E-state index is -0.560. The molecule has 84 valence electrons. The molecule has 0 aliphatic carbocycles. The summed E-state index contributed by atoms with van der Waals surface area (Å²) in [7, 11) is 0. The Morgan fingerprint density at radius 3 is 3.06 bits per heavy atom. The van der Waals surface area contributed by atoms with Crippen molar-refractivity contribution in [2.24, 2.45) is 0 Å². The van der Waals surface area contributed by atoms with Crippen molar-refractivity contribution in [2.45, 2.75) is 13.3 Å². The highest BCUT2D eigenvalue weighted by Gasteiger charge is 2.04. The van der Waals surface area contributed by atoms with Crippen LogP contribution in [0.3, 0.4) is 0 Å². The van der Waals surface area contributed by atoms with E-state index in [4.69, 9.17) is 4.74 Å².